The maximum Gasteiger partial charge on any atom is 0.246 e. The SMILES string of the molecule is C=CC(=O)N1CCn2nc(-c3nc(-c4ccc5ncn(C)c5c4)c4ccsc4c3-c3c(F)cc(F)cc3OCC(C)O)cc2C1C. The molecule has 5 heterocycles. The second kappa shape index (κ2) is 11.5. The first-order valence-electron chi connectivity index (χ1n) is 14.8. The van der Waals surface area contributed by atoms with Crippen LogP contribution in [0.4, 0.5) is 8.78 Å². The molecule has 2 unspecified atom stereocenters. The van der Waals surface area contributed by atoms with Gasteiger partial charge in [0, 0.05) is 46.9 Å². The minimum absolute atomic E-state index is 0.0214. The van der Waals surface area contributed by atoms with E-state index in [0.717, 1.165) is 39.8 Å². The van der Waals surface area contributed by atoms with Gasteiger partial charge in [-0.2, -0.15) is 5.10 Å². The van der Waals surface area contributed by atoms with Crippen molar-refractivity contribution in [2.75, 3.05) is 13.2 Å². The quantitative estimate of drug-likeness (QED) is 0.200. The Balaban J connectivity index is 1.52. The van der Waals surface area contributed by atoms with Crippen LogP contribution in [0.1, 0.15) is 25.6 Å². The van der Waals surface area contributed by atoms with E-state index >= 15 is 4.39 Å². The third-order valence-corrected chi connectivity index (χ3v) is 9.25. The molecule has 6 aromatic rings. The van der Waals surface area contributed by atoms with Crippen LogP contribution in [0, 0.1) is 11.6 Å². The monoisotopic (exact) mass is 640 g/mol. The zero-order valence-corrected chi connectivity index (χ0v) is 26.2. The molecule has 0 bridgehead atoms. The molecule has 1 N–H and O–H groups in total. The van der Waals surface area contributed by atoms with E-state index in [1.54, 1.807) is 11.2 Å². The summed E-state index contributed by atoms with van der Waals surface area (Å²) in [5.41, 5.74) is 5.30. The number of benzene rings is 2. The van der Waals surface area contributed by atoms with Crippen LogP contribution in [-0.4, -0.2) is 59.5 Å². The predicted molar refractivity (Wildman–Crippen MR) is 173 cm³/mol. The van der Waals surface area contributed by atoms with Crippen molar-refractivity contribution < 1.29 is 23.4 Å². The van der Waals surface area contributed by atoms with E-state index < -0.39 is 17.7 Å². The fraction of sp³-hybridized carbons (Fsp3) is 0.235. The van der Waals surface area contributed by atoms with Gasteiger partial charge in [-0.1, -0.05) is 12.6 Å². The summed E-state index contributed by atoms with van der Waals surface area (Å²) in [5.74, 6) is -1.87. The minimum Gasteiger partial charge on any atom is -0.490 e. The average molecular weight is 641 g/mol. The number of ether oxygens (including phenoxy) is 1. The number of aromatic nitrogens is 5. The van der Waals surface area contributed by atoms with Crippen LogP contribution in [0.25, 0.3) is 54.9 Å². The highest BCUT2D eigenvalue weighted by Crippen LogP contribution is 2.47. The van der Waals surface area contributed by atoms with Crippen LogP contribution in [0.3, 0.4) is 0 Å². The Morgan fingerprint density at radius 2 is 2.00 bits per heavy atom. The molecule has 0 spiro atoms. The second-order valence-corrected chi connectivity index (χ2v) is 12.3. The molecule has 46 heavy (non-hydrogen) atoms. The van der Waals surface area contributed by atoms with E-state index in [4.69, 9.17) is 14.8 Å². The molecule has 0 radical (unpaired) electrons. The van der Waals surface area contributed by atoms with Crippen molar-refractivity contribution in [2.45, 2.75) is 32.5 Å². The first kappa shape index (κ1) is 29.8. The fourth-order valence-electron chi connectivity index (χ4n) is 6.09. The third-order valence-electron chi connectivity index (χ3n) is 8.32. The van der Waals surface area contributed by atoms with Gasteiger partial charge in [-0.3, -0.25) is 9.48 Å². The number of pyridine rings is 1. The van der Waals surface area contributed by atoms with Gasteiger partial charge in [0.25, 0.3) is 0 Å². The van der Waals surface area contributed by atoms with Gasteiger partial charge >= 0.3 is 0 Å². The first-order chi connectivity index (χ1) is 22.1. The first-order valence-corrected chi connectivity index (χ1v) is 15.7. The molecular weight excluding hydrogens is 610 g/mol. The van der Waals surface area contributed by atoms with E-state index in [-0.39, 0.29) is 29.9 Å². The average Bonchev–Trinajstić information content (AvgIpc) is 3.78. The highest BCUT2D eigenvalue weighted by Gasteiger charge is 2.31. The molecule has 0 saturated carbocycles. The van der Waals surface area contributed by atoms with Gasteiger partial charge in [-0.05, 0) is 49.6 Å². The number of aliphatic hydroxyl groups is 1. The van der Waals surface area contributed by atoms with Crippen molar-refractivity contribution in [1.82, 2.24) is 29.2 Å². The lowest BCUT2D eigenvalue weighted by Crippen LogP contribution is -2.40. The standard InChI is InChI=1S/C34H30F2N6O3S/c1-5-29(44)41-9-10-42-26(19(41)3)15-25(39-42)33-31(30-23(36)13-21(35)14-28(30)45-16-18(2)43)34-22(8-11-46-34)32(38-33)20-6-7-24-27(12-20)40(4)17-37-24/h5-8,11-15,17-19,43H,1,9-10,16H2,2-4H3. The van der Waals surface area contributed by atoms with Gasteiger partial charge in [0.15, 0.2) is 0 Å². The number of halogens is 2. The Labute approximate surface area is 267 Å². The summed E-state index contributed by atoms with van der Waals surface area (Å²) >= 11 is 1.40. The Morgan fingerprint density at radius 1 is 1.17 bits per heavy atom. The molecule has 7 rings (SSSR count). The van der Waals surface area contributed by atoms with Crippen LogP contribution < -0.4 is 4.74 Å². The van der Waals surface area contributed by atoms with Gasteiger partial charge in [0.05, 0.1) is 53.0 Å². The van der Waals surface area contributed by atoms with E-state index in [1.807, 2.05) is 58.9 Å². The van der Waals surface area contributed by atoms with E-state index in [9.17, 15) is 14.3 Å². The molecule has 0 saturated heterocycles. The Hall–Kier alpha value is -4.94. The van der Waals surface area contributed by atoms with Gasteiger partial charge in [-0.15, -0.1) is 11.3 Å². The van der Waals surface area contributed by atoms with Crippen molar-refractivity contribution >= 4 is 38.4 Å². The van der Waals surface area contributed by atoms with Crippen LogP contribution in [0.15, 0.2) is 66.8 Å². The lowest BCUT2D eigenvalue weighted by Gasteiger charge is -2.33. The zero-order valence-electron chi connectivity index (χ0n) is 25.4. The lowest BCUT2D eigenvalue weighted by molar-refractivity contribution is -0.129. The summed E-state index contributed by atoms with van der Waals surface area (Å²) < 4.78 is 40.9. The maximum absolute atomic E-state index is 16.0. The van der Waals surface area contributed by atoms with Crippen LogP contribution in [-0.2, 0) is 18.4 Å². The molecule has 2 atom stereocenters. The number of rotatable bonds is 7. The number of thiophene rings is 1. The van der Waals surface area contributed by atoms with Crippen molar-refractivity contribution in [2.24, 2.45) is 7.05 Å². The number of fused-ring (bicyclic) bond motifs is 3. The molecule has 234 valence electrons. The summed E-state index contributed by atoms with van der Waals surface area (Å²) in [5, 5.41) is 17.5. The summed E-state index contributed by atoms with van der Waals surface area (Å²) in [6.45, 7) is 7.82. The predicted octanol–water partition coefficient (Wildman–Crippen LogP) is 6.51. The van der Waals surface area contributed by atoms with Crippen molar-refractivity contribution in [3.63, 3.8) is 0 Å². The van der Waals surface area contributed by atoms with Crippen LogP contribution in [0.5, 0.6) is 5.75 Å². The van der Waals surface area contributed by atoms with Gasteiger partial charge in [-0.25, -0.2) is 18.7 Å². The number of amides is 1. The minimum atomic E-state index is -0.870. The second-order valence-electron chi connectivity index (χ2n) is 11.4. The number of hydrogen-bond donors (Lipinski definition) is 1. The number of carbonyl (C=O) groups is 1. The normalized spacial score (nSPS) is 15.3. The fourth-order valence-corrected chi connectivity index (χ4v) is 7.04. The van der Waals surface area contributed by atoms with Crippen LogP contribution in [0.2, 0.25) is 0 Å². The van der Waals surface area contributed by atoms with E-state index in [2.05, 4.69) is 11.6 Å². The summed E-state index contributed by atoms with van der Waals surface area (Å²) in [4.78, 5) is 23.9. The number of aliphatic hydroxyl groups excluding tert-OH is 1. The molecule has 1 aliphatic heterocycles. The number of nitrogens with zero attached hydrogens (tertiary/aromatic N) is 6. The molecule has 4 aromatic heterocycles. The smallest absolute Gasteiger partial charge is 0.246 e. The summed E-state index contributed by atoms with van der Waals surface area (Å²) in [7, 11) is 1.92. The van der Waals surface area contributed by atoms with Crippen molar-refractivity contribution in [3.05, 3.63) is 84.2 Å². The molecule has 12 heteroatoms. The molecule has 0 aliphatic carbocycles. The van der Waals surface area contributed by atoms with Crippen molar-refractivity contribution in [3.8, 4) is 39.5 Å². The van der Waals surface area contributed by atoms with Crippen molar-refractivity contribution in [1.29, 1.82) is 0 Å². The molecule has 1 aliphatic rings. The molecule has 2 aromatic carbocycles. The zero-order chi connectivity index (χ0) is 32.3. The maximum atomic E-state index is 16.0. The molecule has 9 nitrogen and oxygen atoms in total. The third kappa shape index (κ3) is 4.94. The Morgan fingerprint density at radius 3 is 2.78 bits per heavy atom. The Kier molecular flexibility index (Phi) is 7.41. The highest BCUT2D eigenvalue weighted by molar-refractivity contribution is 7.18. The molecule has 1 amide bonds. The van der Waals surface area contributed by atoms with Gasteiger partial charge < -0.3 is 19.3 Å². The van der Waals surface area contributed by atoms with Crippen LogP contribution >= 0.6 is 11.3 Å². The summed E-state index contributed by atoms with van der Waals surface area (Å²) in [6.07, 6.45) is 2.18. The number of aryl methyl sites for hydroxylation is 1. The molecule has 0 fully saturated rings. The lowest BCUT2D eigenvalue weighted by atomic mass is 9.96. The number of carbonyl (C=O) groups excluding carboxylic acids is 1. The summed E-state index contributed by atoms with van der Waals surface area (Å²) in [6, 6.07) is 11.3. The number of hydrogen-bond acceptors (Lipinski definition) is 7. The van der Waals surface area contributed by atoms with E-state index in [1.165, 1.54) is 24.3 Å². The van der Waals surface area contributed by atoms with Gasteiger partial charge in [0.1, 0.15) is 35.4 Å². The van der Waals surface area contributed by atoms with E-state index in [0.29, 0.717) is 40.4 Å². The Bertz CT molecular complexity index is 2170. The molecular formula is C34H30F2N6O3S. The highest BCUT2D eigenvalue weighted by atomic mass is 32.1. The largest absolute Gasteiger partial charge is 0.490 e. The van der Waals surface area contributed by atoms with Gasteiger partial charge in [0.2, 0.25) is 5.91 Å². The topological polar surface area (TPSA) is 98.3 Å². The number of imidazole rings is 1.